The Morgan fingerprint density at radius 2 is 2.05 bits per heavy atom. The number of aromatic nitrogens is 2. The first-order valence-corrected chi connectivity index (χ1v) is 6.02. The Kier molecular flexibility index (Phi) is 4.35. The average molecular weight is 262 g/mol. The van der Waals surface area contributed by atoms with E-state index in [1.54, 1.807) is 7.11 Å². The van der Waals surface area contributed by atoms with Gasteiger partial charge in [-0.1, -0.05) is 23.3 Å². The summed E-state index contributed by atoms with van der Waals surface area (Å²) in [5, 5.41) is 11.0. The predicted molar refractivity (Wildman–Crippen MR) is 72.0 cm³/mol. The number of para-hydroxylation sites is 1. The van der Waals surface area contributed by atoms with E-state index in [2.05, 4.69) is 15.5 Å². The second-order valence-corrected chi connectivity index (χ2v) is 4.40. The number of ether oxygens (including phenoxy) is 1. The van der Waals surface area contributed by atoms with Gasteiger partial charge in [0.2, 0.25) is 5.89 Å². The van der Waals surface area contributed by atoms with Gasteiger partial charge >= 0.3 is 6.01 Å². The van der Waals surface area contributed by atoms with E-state index >= 15 is 0 Å². The molecule has 1 heterocycles. The minimum atomic E-state index is 0.419. The van der Waals surface area contributed by atoms with Gasteiger partial charge in [-0.15, -0.1) is 5.10 Å². The second-order valence-electron chi connectivity index (χ2n) is 4.40. The van der Waals surface area contributed by atoms with Crippen molar-refractivity contribution in [1.82, 2.24) is 15.1 Å². The molecule has 0 unspecified atom stereocenters. The number of rotatable bonds is 6. The molecule has 0 aliphatic rings. The van der Waals surface area contributed by atoms with E-state index in [-0.39, 0.29) is 0 Å². The number of benzene rings is 1. The maximum Gasteiger partial charge on any atom is 0.315 e. The quantitative estimate of drug-likeness (QED) is 0.855. The highest BCUT2D eigenvalue weighted by atomic mass is 16.5. The van der Waals surface area contributed by atoms with E-state index in [1.807, 2.05) is 43.3 Å². The third-order valence-electron chi connectivity index (χ3n) is 2.54. The molecule has 0 bridgehead atoms. The SMILES string of the molecule is COc1ccccc1CNc1nnc(CN(C)C)o1. The molecule has 0 fully saturated rings. The molecule has 0 radical (unpaired) electrons. The van der Waals surface area contributed by atoms with Crippen molar-refractivity contribution in [3.63, 3.8) is 0 Å². The topological polar surface area (TPSA) is 63.4 Å². The predicted octanol–water partition coefficient (Wildman–Crippen LogP) is 1.75. The second kappa shape index (κ2) is 6.19. The van der Waals surface area contributed by atoms with Crippen molar-refractivity contribution in [3.05, 3.63) is 35.7 Å². The van der Waals surface area contributed by atoms with Crippen molar-refractivity contribution >= 4 is 6.01 Å². The van der Waals surface area contributed by atoms with Gasteiger partial charge in [-0.25, -0.2) is 0 Å². The molecule has 6 nitrogen and oxygen atoms in total. The summed E-state index contributed by atoms with van der Waals surface area (Å²) in [6.07, 6.45) is 0. The monoisotopic (exact) mass is 262 g/mol. The minimum absolute atomic E-state index is 0.419. The molecule has 0 atom stereocenters. The van der Waals surface area contributed by atoms with Crippen LogP contribution in [-0.2, 0) is 13.1 Å². The van der Waals surface area contributed by atoms with Crippen LogP contribution < -0.4 is 10.1 Å². The van der Waals surface area contributed by atoms with E-state index in [0.29, 0.717) is 25.0 Å². The van der Waals surface area contributed by atoms with Gasteiger partial charge in [0.15, 0.2) is 0 Å². The zero-order valence-corrected chi connectivity index (χ0v) is 11.4. The van der Waals surface area contributed by atoms with Gasteiger partial charge in [0.25, 0.3) is 0 Å². The molecular weight excluding hydrogens is 244 g/mol. The first-order valence-electron chi connectivity index (χ1n) is 6.02. The lowest BCUT2D eigenvalue weighted by atomic mass is 10.2. The summed E-state index contributed by atoms with van der Waals surface area (Å²) in [6, 6.07) is 8.23. The molecule has 0 saturated heterocycles. The number of hydrogen-bond donors (Lipinski definition) is 1. The summed E-state index contributed by atoms with van der Waals surface area (Å²) in [4.78, 5) is 1.97. The van der Waals surface area contributed by atoms with Crippen LogP contribution >= 0.6 is 0 Å². The molecular formula is C13H18N4O2. The number of nitrogens with zero attached hydrogens (tertiary/aromatic N) is 3. The minimum Gasteiger partial charge on any atom is -0.496 e. The first-order chi connectivity index (χ1) is 9.19. The zero-order chi connectivity index (χ0) is 13.7. The summed E-state index contributed by atoms with van der Waals surface area (Å²) in [7, 11) is 5.55. The molecule has 1 N–H and O–H groups in total. The van der Waals surface area contributed by atoms with Gasteiger partial charge in [0.1, 0.15) is 5.75 Å². The average Bonchev–Trinajstić information content (AvgIpc) is 2.83. The Hall–Kier alpha value is -2.08. The maximum absolute atomic E-state index is 5.47. The van der Waals surface area contributed by atoms with Crippen LogP contribution in [0.15, 0.2) is 28.7 Å². The van der Waals surface area contributed by atoms with Crippen LogP contribution in [0, 0.1) is 0 Å². The fourth-order valence-electron chi connectivity index (χ4n) is 1.68. The van der Waals surface area contributed by atoms with Crippen molar-refractivity contribution in [2.24, 2.45) is 0 Å². The highest BCUT2D eigenvalue weighted by Crippen LogP contribution is 2.18. The Labute approximate surface area is 112 Å². The first kappa shape index (κ1) is 13.4. The van der Waals surface area contributed by atoms with Crippen LogP contribution in [0.2, 0.25) is 0 Å². The van der Waals surface area contributed by atoms with Gasteiger partial charge in [-0.3, -0.25) is 0 Å². The molecule has 0 aliphatic carbocycles. The van der Waals surface area contributed by atoms with Crippen LogP contribution in [0.5, 0.6) is 5.75 Å². The lowest BCUT2D eigenvalue weighted by Gasteiger charge is -2.07. The number of nitrogens with one attached hydrogen (secondary N) is 1. The molecule has 2 aromatic rings. The lowest BCUT2D eigenvalue weighted by Crippen LogP contribution is -2.10. The van der Waals surface area contributed by atoms with Gasteiger partial charge in [-0.05, 0) is 20.2 Å². The van der Waals surface area contributed by atoms with Crippen molar-refractivity contribution in [3.8, 4) is 5.75 Å². The molecule has 0 saturated carbocycles. The van der Waals surface area contributed by atoms with Crippen molar-refractivity contribution in [2.75, 3.05) is 26.5 Å². The number of anilines is 1. The molecule has 19 heavy (non-hydrogen) atoms. The smallest absolute Gasteiger partial charge is 0.315 e. The van der Waals surface area contributed by atoms with E-state index in [4.69, 9.17) is 9.15 Å². The highest BCUT2D eigenvalue weighted by Gasteiger charge is 2.07. The van der Waals surface area contributed by atoms with Crippen LogP contribution in [0.25, 0.3) is 0 Å². The summed E-state index contributed by atoms with van der Waals surface area (Å²) in [5.74, 6) is 1.43. The van der Waals surface area contributed by atoms with Crippen molar-refractivity contribution < 1.29 is 9.15 Å². The summed E-state index contributed by atoms with van der Waals surface area (Å²) >= 11 is 0. The molecule has 102 valence electrons. The summed E-state index contributed by atoms with van der Waals surface area (Å²) in [6.45, 7) is 1.21. The Balaban J connectivity index is 1.96. The molecule has 1 aromatic carbocycles. The van der Waals surface area contributed by atoms with E-state index < -0.39 is 0 Å². The van der Waals surface area contributed by atoms with Crippen LogP contribution in [0.3, 0.4) is 0 Å². The van der Waals surface area contributed by atoms with Crippen molar-refractivity contribution in [1.29, 1.82) is 0 Å². The molecule has 0 aliphatic heterocycles. The fraction of sp³-hybridized carbons (Fsp3) is 0.385. The highest BCUT2D eigenvalue weighted by molar-refractivity contribution is 5.35. The van der Waals surface area contributed by atoms with E-state index in [0.717, 1.165) is 11.3 Å². The lowest BCUT2D eigenvalue weighted by molar-refractivity contribution is 0.344. The van der Waals surface area contributed by atoms with E-state index in [1.165, 1.54) is 0 Å². The third-order valence-corrected chi connectivity index (χ3v) is 2.54. The normalized spacial score (nSPS) is 10.7. The van der Waals surface area contributed by atoms with Crippen LogP contribution in [0.1, 0.15) is 11.5 Å². The molecule has 0 spiro atoms. The van der Waals surface area contributed by atoms with Gasteiger partial charge in [0, 0.05) is 12.1 Å². The van der Waals surface area contributed by atoms with E-state index in [9.17, 15) is 0 Å². The zero-order valence-electron chi connectivity index (χ0n) is 11.4. The third kappa shape index (κ3) is 3.69. The molecule has 6 heteroatoms. The fourth-order valence-corrected chi connectivity index (χ4v) is 1.68. The van der Waals surface area contributed by atoms with Crippen LogP contribution in [0.4, 0.5) is 6.01 Å². The Morgan fingerprint density at radius 1 is 1.26 bits per heavy atom. The maximum atomic E-state index is 5.47. The number of hydrogen-bond acceptors (Lipinski definition) is 6. The standard InChI is InChI=1S/C13H18N4O2/c1-17(2)9-12-15-16-13(19-12)14-8-10-6-4-5-7-11(10)18-3/h4-7H,8-9H2,1-3H3,(H,14,16). The molecule has 0 amide bonds. The van der Waals surface area contributed by atoms with Gasteiger partial charge < -0.3 is 19.4 Å². The Morgan fingerprint density at radius 3 is 2.79 bits per heavy atom. The summed E-state index contributed by atoms with van der Waals surface area (Å²) in [5.41, 5.74) is 1.04. The molecule has 1 aromatic heterocycles. The van der Waals surface area contributed by atoms with Gasteiger partial charge in [-0.2, -0.15) is 0 Å². The van der Waals surface area contributed by atoms with Gasteiger partial charge in [0.05, 0.1) is 13.7 Å². The number of methoxy groups -OCH3 is 1. The van der Waals surface area contributed by atoms with Crippen molar-refractivity contribution in [2.45, 2.75) is 13.1 Å². The largest absolute Gasteiger partial charge is 0.496 e. The molecule has 2 rings (SSSR count). The Bertz CT molecular complexity index is 525. The summed E-state index contributed by atoms with van der Waals surface area (Å²) < 4.78 is 10.8. The van der Waals surface area contributed by atoms with Crippen LogP contribution in [-0.4, -0.2) is 36.3 Å².